The van der Waals surface area contributed by atoms with Crippen molar-refractivity contribution in [2.45, 2.75) is 6.54 Å². The monoisotopic (exact) mass is 301 g/mol. The van der Waals surface area contributed by atoms with Gasteiger partial charge in [0.15, 0.2) is 0 Å². The van der Waals surface area contributed by atoms with Crippen LogP contribution < -0.4 is 5.32 Å². The number of para-hydroxylation sites is 1. The average molecular weight is 301 g/mol. The van der Waals surface area contributed by atoms with Crippen molar-refractivity contribution in [3.8, 4) is 0 Å². The number of benzene rings is 3. The third-order valence-electron chi connectivity index (χ3n) is 3.93. The summed E-state index contributed by atoms with van der Waals surface area (Å²) < 4.78 is 5.73. The molecule has 0 aliphatic carbocycles. The molecule has 1 amide bonds. The molecular formula is C20H15NO2. The van der Waals surface area contributed by atoms with E-state index >= 15 is 0 Å². The Morgan fingerprint density at radius 1 is 0.870 bits per heavy atom. The smallest absolute Gasteiger partial charge is 0.252 e. The maximum absolute atomic E-state index is 12.5. The van der Waals surface area contributed by atoms with Gasteiger partial charge in [-0.15, -0.1) is 0 Å². The van der Waals surface area contributed by atoms with Crippen LogP contribution in [-0.2, 0) is 6.54 Å². The van der Waals surface area contributed by atoms with Crippen molar-refractivity contribution in [2.24, 2.45) is 0 Å². The quantitative estimate of drug-likeness (QED) is 0.604. The Balaban J connectivity index is 1.57. The SMILES string of the molecule is O=C(NCc1cc2ccccc2o1)c1cccc2ccccc12. The predicted molar refractivity (Wildman–Crippen MR) is 91.3 cm³/mol. The van der Waals surface area contributed by atoms with E-state index in [-0.39, 0.29) is 5.91 Å². The van der Waals surface area contributed by atoms with E-state index in [1.807, 2.05) is 72.8 Å². The third kappa shape index (κ3) is 2.57. The van der Waals surface area contributed by atoms with Gasteiger partial charge >= 0.3 is 0 Å². The summed E-state index contributed by atoms with van der Waals surface area (Å²) in [4.78, 5) is 12.5. The summed E-state index contributed by atoms with van der Waals surface area (Å²) in [6.45, 7) is 0.372. The summed E-state index contributed by atoms with van der Waals surface area (Å²) in [5, 5.41) is 5.99. The first kappa shape index (κ1) is 13.6. The highest BCUT2D eigenvalue weighted by atomic mass is 16.3. The molecule has 4 aromatic rings. The zero-order valence-corrected chi connectivity index (χ0v) is 12.5. The maximum Gasteiger partial charge on any atom is 0.252 e. The fourth-order valence-electron chi connectivity index (χ4n) is 2.81. The van der Waals surface area contributed by atoms with E-state index in [2.05, 4.69) is 5.32 Å². The Kier molecular flexibility index (Phi) is 3.31. The zero-order valence-electron chi connectivity index (χ0n) is 12.5. The van der Waals surface area contributed by atoms with E-state index in [0.29, 0.717) is 12.1 Å². The molecule has 0 aliphatic rings. The van der Waals surface area contributed by atoms with Gasteiger partial charge in [-0.1, -0.05) is 54.6 Å². The van der Waals surface area contributed by atoms with E-state index in [1.54, 1.807) is 0 Å². The maximum atomic E-state index is 12.5. The van der Waals surface area contributed by atoms with E-state index in [1.165, 1.54) is 0 Å². The molecule has 4 rings (SSSR count). The van der Waals surface area contributed by atoms with Gasteiger partial charge < -0.3 is 9.73 Å². The number of fused-ring (bicyclic) bond motifs is 2. The third-order valence-corrected chi connectivity index (χ3v) is 3.93. The van der Waals surface area contributed by atoms with Crippen LogP contribution in [0, 0.1) is 0 Å². The van der Waals surface area contributed by atoms with Crippen LogP contribution in [0.15, 0.2) is 77.2 Å². The second kappa shape index (κ2) is 5.61. The van der Waals surface area contributed by atoms with Crippen LogP contribution >= 0.6 is 0 Å². The first-order valence-electron chi connectivity index (χ1n) is 7.55. The molecule has 3 aromatic carbocycles. The van der Waals surface area contributed by atoms with Crippen LogP contribution in [0.5, 0.6) is 0 Å². The molecule has 112 valence electrons. The molecule has 0 unspecified atom stereocenters. The van der Waals surface area contributed by atoms with Crippen molar-refractivity contribution < 1.29 is 9.21 Å². The molecular weight excluding hydrogens is 286 g/mol. The lowest BCUT2D eigenvalue weighted by molar-refractivity contribution is 0.0950. The summed E-state index contributed by atoms with van der Waals surface area (Å²) in [5.74, 6) is 0.655. The highest BCUT2D eigenvalue weighted by Gasteiger charge is 2.10. The van der Waals surface area contributed by atoms with Crippen molar-refractivity contribution in [3.05, 3.63) is 84.1 Å². The minimum absolute atomic E-state index is 0.0951. The van der Waals surface area contributed by atoms with Gasteiger partial charge in [-0.2, -0.15) is 0 Å². The molecule has 0 radical (unpaired) electrons. The number of carbonyl (C=O) groups excluding carboxylic acids is 1. The first-order chi connectivity index (χ1) is 11.3. The first-order valence-corrected chi connectivity index (χ1v) is 7.55. The molecule has 3 nitrogen and oxygen atoms in total. The van der Waals surface area contributed by atoms with Gasteiger partial charge in [0.25, 0.3) is 5.91 Å². The van der Waals surface area contributed by atoms with Crippen LogP contribution in [0.1, 0.15) is 16.1 Å². The fourth-order valence-corrected chi connectivity index (χ4v) is 2.81. The Labute approximate surface area is 133 Å². The summed E-state index contributed by atoms with van der Waals surface area (Å²) in [5.41, 5.74) is 1.51. The zero-order chi connectivity index (χ0) is 15.6. The molecule has 23 heavy (non-hydrogen) atoms. The molecule has 3 heteroatoms. The van der Waals surface area contributed by atoms with Gasteiger partial charge in [0.05, 0.1) is 6.54 Å². The van der Waals surface area contributed by atoms with Crippen molar-refractivity contribution in [3.63, 3.8) is 0 Å². The number of amides is 1. The van der Waals surface area contributed by atoms with E-state index in [9.17, 15) is 4.79 Å². The van der Waals surface area contributed by atoms with Gasteiger partial charge in [-0.3, -0.25) is 4.79 Å². The van der Waals surface area contributed by atoms with Crippen LogP contribution in [0.4, 0.5) is 0 Å². The topological polar surface area (TPSA) is 42.2 Å². The minimum Gasteiger partial charge on any atom is -0.459 e. The number of hydrogen-bond acceptors (Lipinski definition) is 2. The Bertz CT molecular complexity index is 962. The van der Waals surface area contributed by atoms with Crippen molar-refractivity contribution >= 4 is 27.6 Å². The molecule has 0 saturated carbocycles. The van der Waals surface area contributed by atoms with Crippen LogP contribution in [0.3, 0.4) is 0 Å². The Hall–Kier alpha value is -3.07. The molecule has 0 saturated heterocycles. The highest BCUT2D eigenvalue weighted by Crippen LogP contribution is 2.20. The van der Waals surface area contributed by atoms with Crippen LogP contribution in [0.25, 0.3) is 21.7 Å². The van der Waals surface area contributed by atoms with Crippen molar-refractivity contribution in [1.82, 2.24) is 5.32 Å². The van der Waals surface area contributed by atoms with Gasteiger partial charge in [0, 0.05) is 10.9 Å². The van der Waals surface area contributed by atoms with E-state index in [4.69, 9.17) is 4.42 Å². The number of rotatable bonds is 3. The number of nitrogens with one attached hydrogen (secondary N) is 1. The average Bonchev–Trinajstić information content (AvgIpc) is 3.02. The lowest BCUT2D eigenvalue weighted by atomic mass is 10.0. The fraction of sp³-hybridized carbons (Fsp3) is 0.0500. The van der Waals surface area contributed by atoms with Gasteiger partial charge in [0.1, 0.15) is 11.3 Å². The second-order valence-corrected chi connectivity index (χ2v) is 5.46. The molecule has 1 N–H and O–H groups in total. The van der Waals surface area contributed by atoms with E-state index < -0.39 is 0 Å². The number of furan rings is 1. The summed E-state index contributed by atoms with van der Waals surface area (Å²) >= 11 is 0. The molecule has 0 aliphatic heterocycles. The summed E-state index contributed by atoms with van der Waals surface area (Å²) in [7, 11) is 0. The second-order valence-electron chi connectivity index (χ2n) is 5.46. The van der Waals surface area contributed by atoms with Gasteiger partial charge in [-0.05, 0) is 29.0 Å². The molecule has 0 bridgehead atoms. The molecule has 0 spiro atoms. The lowest BCUT2D eigenvalue weighted by Gasteiger charge is -2.07. The predicted octanol–water partition coefficient (Wildman–Crippen LogP) is 4.52. The standard InChI is InChI=1S/C20H15NO2/c22-20(18-10-5-8-14-6-1-3-9-17(14)18)21-13-16-12-15-7-2-4-11-19(15)23-16/h1-12H,13H2,(H,21,22). The van der Waals surface area contributed by atoms with Gasteiger partial charge in [-0.25, -0.2) is 0 Å². The normalized spacial score (nSPS) is 11.0. The minimum atomic E-state index is -0.0951. The Morgan fingerprint density at radius 3 is 2.48 bits per heavy atom. The van der Waals surface area contributed by atoms with Gasteiger partial charge in [0.2, 0.25) is 0 Å². The Morgan fingerprint density at radius 2 is 1.61 bits per heavy atom. The molecule has 0 atom stereocenters. The van der Waals surface area contributed by atoms with Crippen LogP contribution in [0.2, 0.25) is 0 Å². The van der Waals surface area contributed by atoms with E-state index in [0.717, 1.165) is 27.5 Å². The molecule has 1 heterocycles. The molecule has 1 aromatic heterocycles. The number of carbonyl (C=O) groups is 1. The lowest BCUT2D eigenvalue weighted by Crippen LogP contribution is -2.22. The highest BCUT2D eigenvalue weighted by molar-refractivity contribution is 6.06. The summed E-state index contributed by atoms with van der Waals surface area (Å²) in [6, 6.07) is 23.4. The van der Waals surface area contributed by atoms with Crippen molar-refractivity contribution in [1.29, 1.82) is 0 Å². The number of hydrogen-bond donors (Lipinski definition) is 1. The van der Waals surface area contributed by atoms with Crippen molar-refractivity contribution in [2.75, 3.05) is 0 Å². The summed E-state index contributed by atoms with van der Waals surface area (Å²) in [6.07, 6.45) is 0. The largest absolute Gasteiger partial charge is 0.459 e. The van der Waals surface area contributed by atoms with Crippen LogP contribution in [-0.4, -0.2) is 5.91 Å². The molecule has 0 fully saturated rings.